The summed E-state index contributed by atoms with van der Waals surface area (Å²) in [5.41, 5.74) is 6.57. The van der Waals surface area contributed by atoms with Crippen molar-refractivity contribution in [1.29, 1.82) is 0 Å². The highest BCUT2D eigenvalue weighted by molar-refractivity contribution is 8.16. The number of carbonyl (C=O) groups is 1. The van der Waals surface area contributed by atoms with Gasteiger partial charge in [0, 0.05) is 10.4 Å². The third kappa shape index (κ3) is 1.54. The Morgan fingerprint density at radius 1 is 1.62 bits per heavy atom. The van der Waals surface area contributed by atoms with E-state index in [2.05, 4.69) is 4.99 Å². The van der Waals surface area contributed by atoms with Crippen LogP contribution in [0.15, 0.2) is 16.4 Å². The van der Waals surface area contributed by atoms with Crippen LogP contribution in [-0.2, 0) is 4.79 Å². The Morgan fingerprint density at radius 2 is 2.38 bits per heavy atom. The molecule has 0 bridgehead atoms. The van der Waals surface area contributed by atoms with Gasteiger partial charge < -0.3 is 5.73 Å². The number of nitrogens with two attached hydrogens (primary N) is 1. The Labute approximate surface area is 84.0 Å². The summed E-state index contributed by atoms with van der Waals surface area (Å²) in [6.07, 6.45) is 0. The first-order valence-corrected chi connectivity index (χ1v) is 5.53. The van der Waals surface area contributed by atoms with Crippen molar-refractivity contribution in [3.63, 3.8) is 0 Å². The minimum absolute atomic E-state index is 0.231. The molecule has 3 nitrogen and oxygen atoms in total. The molecule has 2 N–H and O–H groups in total. The van der Waals surface area contributed by atoms with Crippen molar-refractivity contribution in [1.82, 2.24) is 0 Å². The van der Waals surface area contributed by atoms with E-state index in [1.54, 1.807) is 11.3 Å². The van der Waals surface area contributed by atoms with Gasteiger partial charge in [0.1, 0.15) is 10.4 Å². The zero-order valence-corrected chi connectivity index (χ0v) is 8.61. The van der Waals surface area contributed by atoms with E-state index in [1.807, 2.05) is 18.4 Å². The summed E-state index contributed by atoms with van der Waals surface area (Å²) in [5, 5.41) is 2.24. The second-order valence-electron chi connectivity index (χ2n) is 2.68. The Morgan fingerprint density at radius 3 is 2.85 bits per heavy atom. The first-order valence-electron chi connectivity index (χ1n) is 3.78. The molecule has 1 aliphatic heterocycles. The molecule has 1 aromatic heterocycles. The van der Waals surface area contributed by atoms with Gasteiger partial charge in [0.25, 0.3) is 5.91 Å². The predicted octanol–water partition coefficient (Wildman–Crippen LogP) is 1.36. The molecule has 0 aromatic carbocycles. The predicted molar refractivity (Wildman–Crippen MR) is 56.2 cm³/mol. The van der Waals surface area contributed by atoms with Gasteiger partial charge in [0.15, 0.2) is 0 Å². The average molecular weight is 212 g/mol. The molecule has 0 saturated carbocycles. The van der Waals surface area contributed by atoms with Crippen molar-refractivity contribution in [3.8, 4) is 0 Å². The lowest BCUT2D eigenvalue weighted by Gasteiger charge is -1.98. The van der Waals surface area contributed by atoms with Crippen LogP contribution >= 0.6 is 23.1 Å². The topological polar surface area (TPSA) is 55.5 Å². The molecule has 1 aliphatic rings. The third-order valence-corrected chi connectivity index (χ3v) is 3.62. The number of aryl methyl sites for hydroxylation is 1. The molecule has 1 atom stereocenters. The van der Waals surface area contributed by atoms with Crippen LogP contribution in [-0.4, -0.2) is 16.3 Å². The van der Waals surface area contributed by atoms with Gasteiger partial charge in [0.05, 0.1) is 0 Å². The molecule has 5 heteroatoms. The number of thioether (sulfide) groups is 1. The molecule has 0 fully saturated rings. The van der Waals surface area contributed by atoms with E-state index in [0.717, 1.165) is 10.6 Å². The number of hydrogen-bond acceptors (Lipinski definition) is 4. The van der Waals surface area contributed by atoms with Crippen LogP contribution in [0.3, 0.4) is 0 Å². The lowest BCUT2D eigenvalue weighted by Crippen LogP contribution is -2.21. The molecule has 1 amide bonds. The molecule has 2 heterocycles. The Bertz CT molecular complexity index is 383. The summed E-state index contributed by atoms with van der Waals surface area (Å²) < 4.78 is 0. The maximum Gasteiger partial charge on any atom is 0.274 e. The second-order valence-corrected chi connectivity index (χ2v) is 4.93. The number of amides is 1. The highest BCUT2D eigenvalue weighted by Crippen LogP contribution is 2.27. The minimum Gasteiger partial charge on any atom is -0.311 e. The minimum atomic E-state index is -0.505. The largest absolute Gasteiger partial charge is 0.311 e. The standard InChI is InChI=1S/C8H8N2OS2/c1-4-5(2-3-12-4)8-10-7(11)6(9)13-8/h2-3,6H,9H2,1H3. The van der Waals surface area contributed by atoms with E-state index in [1.165, 1.54) is 16.6 Å². The summed E-state index contributed by atoms with van der Waals surface area (Å²) in [6, 6.07) is 1.97. The van der Waals surface area contributed by atoms with Crippen LogP contribution in [0.4, 0.5) is 0 Å². The maximum atomic E-state index is 11.1. The molecule has 68 valence electrons. The number of hydrogen-bond donors (Lipinski definition) is 1. The molecule has 0 spiro atoms. The van der Waals surface area contributed by atoms with Crippen molar-refractivity contribution >= 4 is 34.0 Å². The highest BCUT2D eigenvalue weighted by atomic mass is 32.2. The first kappa shape index (κ1) is 8.93. The van der Waals surface area contributed by atoms with Gasteiger partial charge in [0.2, 0.25) is 0 Å². The van der Waals surface area contributed by atoms with Crippen molar-refractivity contribution < 1.29 is 4.79 Å². The summed E-state index contributed by atoms with van der Waals surface area (Å²) in [6.45, 7) is 2.01. The summed E-state index contributed by atoms with van der Waals surface area (Å²) in [5.74, 6) is -0.231. The lowest BCUT2D eigenvalue weighted by molar-refractivity contribution is -0.117. The SMILES string of the molecule is Cc1sccc1C1=NC(=O)C(N)S1. The van der Waals surface area contributed by atoms with Crippen LogP contribution in [0.25, 0.3) is 0 Å². The van der Waals surface area contributed by atoms with E-state index >= 15 is 0 Å². The molecule has 0 aliphatic carbocycles. The number of aliphatic imine (C=N–C) groups is 1. The lowest BCUT2D eigenvalue weighted by atomic mass is 10.3. The zero-order valence-electron chi connectivity index (χ0n) is 6.98. The number of rotatable bonds is 1. The van der Waals surface area contributed by atoms with Crippen molar-refractivity contribution in [3.05, 3.63) is 21.9 Å². The van der Waals surface area contributed by atoms with Gasteiger partial charge in [-0.3, -0.25) is 4.79 Å². The molecule has 13 heavy (non-hydrogen) atoms. The van der Waals surface area contributed by atoms with Gasteiger partial charge in [-0.1, -0.05) is 11.8 Å². The van der Waals surface area contributed by atoms with E-state index in [9.17, 15) is 4.79 Å². The maximum absolute atomic E-state index is 11.1. The first-order chi connectivity index (χ1) is 6.18. The van der Waals surface area contributed by atoms with E-state index in [-0.39, 0.29) is 5.91 Å². The van der Waals surface area contributed by atoms with Crippen molar-refractivity contribution in [2.45, 2.75) is 12.3 Å². The molecule has 1 unspecified atom stereocenters. The van der Waals surface area contributed by atoms with Gasteiger partial charge in [-0.2, -0.15) is 0 Å². The number of nitrogens with zero attached hydrogens (tertiary/aromatic N) is 1. The van der Waals surface area contributed by atoms with Crippen molar-refractivity contribution in [2.24, 2.45) is 10.7 Å². The summed E-state index contributed by atoms with van der Waals surface area (Å²) >= 11 is 2.98. The molecule has 1 aromatic rings. The van der Waals surface area contributed by atoms with E-state index in [0.29, 0.717) is 0 Å². The summed E-state index contributed by atoms with van der Waals surface area (Å²) in [4.78, 5) is 16.1. The van der Waals surface area contributed by atoms with Crippen LogP contribution in [0.2, 0.25) is 0 Å². The smallest absolute Gasteiger partial charge is 0.274 e. The van der Waals surface area contributed by atoms with E-state index in [4.69, 9.17) is 5.73 Å². The van der Waals surface area contributed by atoms with Gasteiger partial charge in [-0.15, -0.1) is 11.3 Å². The number of thiophene rings is 1. The summed E-state index contributed by atoms with van der Waals surface area (Å²) in [7, 11) is 0. The van der Waals surface area contributed by atoms with Gasteiger partial charge in [-0.05, 0) is 18.4 Å². The van der Waals surface area contributed by atoms with E-state index < -0.39 is 5.37 Å². The molecular weight excluding hydrogens is 204 g/mol. The fourth-order valence-corrected chi connectivity index (χ4v) is 2.74. The average Bonchev–Trinajstić information content (AvgIpc) is 2.60. The Kier molecular flexibility index (Phi) is 2.23. The molecule has 0 radical (unpaired) electrons. The molecular formula is C8H8N2OS2. The normalized spacial score (nSPS) is 22.2. The highest BCUT2D eigenvalue weighted by Gasteiger charge is 2.26. The Hall–Kier alpha value is -0.650. The number of carbonyl (C=O) groups excluding carboxylic acids is 1. The van der Waals surface area contributed by atoms with Crippen LogP contribution in [0.5, 0.6) is 0 Å². The van der Waals surface area contributed by atoms with Crippen LogP contribution in [0, 0.1) is 6.92 Å². The molecule has 2 rings (SSSR count). The third-order valence-electron chi connectivity index (χ3n) is 1.78. The fraction of sp³-hybridized carbons (Fsp3) is 0.250. The quantitative estimate of drug-likeness (QED) is 0.764. The van der Waals surface area contributed by atoms with Crippen LogP contribution in [0.1, 0.15) is 10.4 Å². The second kappa shape index (κ2) is 3.25. The van der Waals surface area contributed by atoms with Gasteiger partial charge >= 0.3 is 0 Å². The zero-order chi connectivity index (χ0) is 9.42. The monoisotopic (exact) mass is 212 g/mol. The van der Waals surface area contributed by atoms with Crippen molar-refractivity contribution in [2.75, 3.05) is 0 Å². The van der Waals surface area contributed by atoms with Crippen LogP contribution < -0.4 is 5.73 Å². The van der Waals surface area contributed by atoms with Gasteiger partial charge in [-0.25, -0.2) is 4.99 Å². The molecule has 0 saturated heterocycles. The fourth-order valence-electron chi connectivity index (χ4n) is 1.09. The Balaban J connectivity index is 2.35.